The van der Waals surface area contributed by atoms with E-state index in [1.165, 1.54) is 10.9 Å². The average Bonchev–Trinajstić information content (AvgIpc) is 2.90. The van der Waals surface area contributed by atoms with Gasteiger partial charge in [-0.1, -0.05) is 15.9 Å². The Bertz CT molecular complexity index is 734. The standard InChI is InChI=1S/C17H16BrNO2/c1-20-15-3-5-16(6-4-15)21-11-10-19-9-8-13-12-14(18)2-7-17(13)19/h2-9,12H,10-11H2,1H3. The summed E-state index contributed by atoms with van der Waals surface area (Å²) in [7, 11) is 1.66. The smallest absolute Gasteiger partial charge is 0.119 e. The van der Waals surface area contributed by atoms with E-state index in [1.54, 1.807) is 7.11 Å². The van der Waals surface area contributed by atoms with Crippen molar-refractivity contribution in [3.63, 3.8) is 0 Å². The normalized spacial score (nSPS) is 10.8. The highest BCUT2D eigenvalue weighted by Crippen LogP contribution is 2.21. The SMILES string of the molecule is COc1ccc(OCCn2ccc3cc(Br)ccc32)cc1. The lowest BCUT2D eigenvalue weighted by Gasteiger charge is -2.09. The first-order chi connectivity index (χ1) is 10.3. The molecule has 3 aromatic rings. The Morgan fingerprint density at radius 3 is 2.52 bits per heavy atom. The van der Waals surface area contributed by atoms with Gasteiger partial charge in [-0.2, -0.15) is 0 Å². The van der Waals surface area contributed by atoms with E-state index in [0.717, 1.165) is 22.5 Å². The van der Waals surface area contributed by atoms with Crippen molar-refractivity contribution < 1.29 is 9.47 Å². The molecule has 0 aliphatic rings. The molecule has 0 saturated carbocycles. The third kappa shape index (κ3) is 3.22. The van der Waals surface area contributed by atoms with Crippen molar-refractivity contribution in [1.29, 1.82) is 0 Å². The lowest BCUT2D eigenvalue weighted by Crippen LogP contribution is -2.07. The Morgan fingerprint density at radius 2 is 1.76 bits per heavy atom. The van der Waals surface area contributed by atoms with E-state index in [-0.39, 0.29) is 0 Å². The highest BCUT2D eigenvalue weighted by molar-refractivity contribution is 9.10. The quantitative estimate of drug-likeness (QED) is 0.679. The van der Waals surface area contributed by atoms with Crippen LogP contribution < -0.4 is 9.47 Å². The molecule has 4 heteroatoms. The van der Waals surface area contributed by atoms with Gasteiger partial charge in [-0.05, 0) is 48.5 Å². The maximum atomic E-state index is 5.77. The van der Waals surface area contributed by atoms with Gasteiger partial charge in [0, 0.05) is 21.6 Å². The average molecular weight is 346 g/mol. The largest absolute Gasteiger partial charge is 0.497 e. The second-order valence-electron chi connectivity index (χ2n) is 4.74. The van der Waals surface area contributed by atoms with Crippen molar-refractivity contribution in [3.05, 3.63) is 59.2 Å². The molecule has 0 bridgehead atoms. The molecule has 0 atom stereocenters. The number of methoxy groups -OCH3 is 1. The molecule has 3 nitrogen and oxygen atoms in total. The third-order valence-corrected chi connectivity index (χ3v) is 3.89. The number of rotatable bonds is 5. The van der Waals surface area contributed by atoms with Crippen LogP contribution in [0.15, 0.2) is 59.2 Å². The third-order valence-electron chi connectivity index (χ3n) is 3.39. The highest BCUT2D eigenvalue weighted by atomic mass is 79.9. The molecule has 0 N–H and O–H groups in total. The van der Waals surface area contributed by atoms with Crippen molar-refractivity contribution in [2.75, 3.05) is 13.7 Å². The zero-order valence-corrected chi connectivity index (χ0v) is 13.3. The first kappa shape index (κ1) is 14.0. The maximum Gasteiger partial charge on any atom is 0.119 e. The number of nitrogens with zero attached hydrogens (tertiary/aromatic N) is 1. The number of aromatic nitrogens is 1. The molecule has 0 spiro atoms. The van der Waals surface area contributed by atoms with Crippen LogP contribution in [0.1, 0.15) is 0 Å². The molecular formula is C17H16BrNO2. The first-order valence-corrected chi connectivity index (χ1v) is 7.57. The molecule has 0 radical (unpaired) electrons. The van der Waals surface area contributed by atoms with E-state index in [2.05, 4.69) is 51.0 Å². The van der Waals surface area contributed by atoms with Crippen LogP contribution in [0, 0.1) is 0 Å². The molecule has 2 aromatic carbocycles. The van der Waals surface area contributed by atoms with Crippen LogP contribution in [-0.2, 0) is 6.54 Å². The molecule has 0 unspecified atom stereocenters. The second-order valence-corrected chi connectivity index (χ2v) is 5.65. The Hall–Kier alpha value is -1.94. The molecule has 0 amide bonds. The number of fused-ring (bicyclic) bond motifs is 1. The fourth-order valence-electron chi connectivity index (χ4n) is 2.30. The van der Waals surface area contributed by atoms with Crippen LogP contribution in [-0.4, -0.2) is 18.3 Å². The Labute approximate surface area is 132 Å². The first-order valence-electron chi connectivity index (χ1n) is 6.77. The lowest BCUT2D eigenvalue weighted by atomic mass is 10.2. The van der Waals surface area contributed by atoms with Crippen LogP contribution in [0.25, 0.3) is 10.9 Å². The maximum absolute atomic E-state index is 5.77. The summed E-state index contributed by atoms with van der Waals surface area (Å²) in [6, 6.07) is 16.1. The van der Waals surface area contributed by atoms with E-state index in [4.69, 9.17) is 9.47 Å². The van der Waals surface area contributed by atoms with Gasteiger partial charge >= 0.3 is 0 Å². The topological polar surface area (TPSA) is 23.4 Å². The van der Waals surface area contributed by atoms with Gasteiger partial charge in [0.2, 0.25) is 0 Å². The second kappa shape index (κ2) is 6.22. The van der Waals surface area contributed by atoms with Crippen LogP contribution in [0.4, 0.5) is 0 Å². The molecule has 0 fully saturated rings. The van der Waals surface area contributed by atoms with E-state index < -0.39 is 0 Å². The molecule has 3 rings (SSSR count). The zero-order chi connectivity index (χ0) is 14.7. The number of hydrogen-bond donors (Lipinski definition) is 0. The van der Waals surface area contributed by atoms with Crippen molar-refractivity contribution in [2.24, 2.45) is 0 Å². The van der Waals surface area contributed by atoms with Crippen molar-refractivity contribution in [2.45, 2.75) is 6.54 Å². The summed E-state index contributed by atoms with van der Waals surface area (Å²) in [5.74, 6) is 1.69. The number of hydrogen-bond acceptors (Lipinski definition) is 2. The lowest BCUT2D eigenvalue weighted by molar-refractivity contribution is 0.300. The summed E-state index contributed by atoms with van der Waals surface area (Å²) in [6.07, 6.45) is 2.09. The molecule has 0 aliphatic carbocycles. The van der Waals surface area contributed by atoms with Gasteiger partial charge in [-0.3, -0.25) is 0 Å². The molecule has 1 aromatic heterocycles. The molecule has 0 aliphatic heterocycles. The van der Waals surface area contributed by atoms with Gasteiger partial charge in [-0.25, -0.2) is 0 Å². The van der Waals surface area contributed by atoms with E-state index in [9.17, 15) is 0 Å². The van der Waals surface area contributed by atoms with Crippen LogP contribution in [0.2, 0.25) is 0 Å². The summed E-state index contributed by atoms with van der Waals surface area (Å²) in [5, 5.41) is 1.23. The van der Waals surface area contributed by atoms with Gasteiger partial charge in [0.25, 0.3) is 0 Å². The van der Waals surface area contributed by atoms with E-state index in [0.29, 0.717) is 6.61 Å². The molecule has 0 saturated heterocycles. The van der Waals surface area contributed by atoms with Gasteiger partial charge in [0.15, 0.2) is 0 Å². The highest BCUT2D eigenvalue weighted by Gasteiger charge is 2.02. The summed E-state index contributed by atoms with van der Waals surface area (Å²) in [5.41, 5.74) is 1.22. The summed E-state index contributed by atoms with van der Waals surface area (Å²) < 4.78 is 14.2. The van der Waals surface area contributed by atoms with Crippen molar-refractivity contribution in [1.82, 2.24) is 4.57 Å². The molecule has 108 valence electrons. The summed E-state index contributed by atoms with van der Waals surface area (Å²) >= 11 is 3.49. The van der Waals surface area contributed by atoms with Gasteiger partial charge in [0.1, 0.15) is 18.1 Å². The minimum atomic E-state index is 0.631. The number of ether oxygens (including phenoxy) is 2. The van der Waals surface area contributed by atoms with Gasteiger partial charge in [0.05, 0.1) is 13.7 Å². The Morgan fingerprint density at radius 1 is 1.00 bits per heavy atom. The molecule has 21 heavy (non-hydrogen) atoms. The van der Waals surface area contributed by atoms with E-state index >= 15 is 0 Å². The van der Waals surface area contributed by atoms with Crippen LogP contribution in [0.5, 0.6) is 11.5 Å². The predicted octanol–water partition coefficient (Wildman–Crippen LogP) is 4.49. The minimum absolute atomic E-state index is 0.631. The minimum Gasteiger partial charge on any atom is -0.497 e. The van der Waals surface area contributed by atoms with Crippen molar-refractivity contribution in [3.8, 4) is 11.5 Å². The van der Waals surface area contributed by atoms with Crippen LogP contribution >= 0.6 is 15.9 Å². The summed E-state index contributed by atoms with van der Waals surface area (Å²) in [6.45, 7) is 1.45. The predicted molar refractivity (Wildman–Crippen MR) is 88.1 cm³/mol. The van der Waals surface area contributed by atoms with Crippen LogP contribution in [0.3, 0.4) is 0 Å². The monoisotopic (exact) mass is 345 g/mol. The zero-order valence-electron chi connectivity index (χ0n) is 11.8. The van der Waals surface area contributed by atoms with Gasteiger partial charge < -0.3 is 14.0 Å². The Balaban J connectivity index is 1.63. The molecule has 1 heterocycles. The van der Waals surface area contributed by atoms with E-state index in [1.807, 2.05) is 24.3 Å². The fraction of sp³-hybridized carbons (Fsp3) is 0.176. The fourth-order valence-corrected chi connectivity index (χ4v) is 2.68. The number of halogens is 1. The van der Waals surface area contributed by atoms with Crippen molar-refractivity contribution >= 4 is 26.8 Å². The Kier molecular flexibility index (Phi) is 4.15. The summed E-state index contributed by atoms with van der Waals surface area (Å²) in [4.78, 5) is 0. The van der Waals surface area contributed by atoms with Gasteiger partial charge in [-0.15, -0.1) is 0 Å². The molecular weight excluding hydrogens is 330 g/mol. The number of benzene rings is 2.